The highest BCUT2D eigenvalue weighted by atomic mass is 16.2. The van der Waals surface area contributed by atoms with E-state index in [2.05, 4.69) is 4.98 Å². The third-order valence-electron chi connectivity index (χ3n) is 4.34. The van der Waals surface area contributed by atoms with Gasteiger partial charge in [-0.2, -0.15) is 0 Å². The average molecular weight is 331 g/mol. The third kappa shape index (κ3) is 2.41. The van der Waals surface area contributed by atoms with Gasteiger partial charge in [0.15, 0.2) is 0 Å². The van der Waals surface area contributed by atoms with Crippen LogP contribution >= 0.6 is 0 Å². The second kappa shape index (κ2) is 5.63. The molecule has 0 fully saturated rings. The van der Waals surface area contributed by atoms with E-state index in [9.17, 15) is 9.59 Å². The number of rotatable bonds is 2. The van der Waals surface area contributed by atoms with E-state index in [0.717, 1.165) is 22.4 Å². The van der Waals surface area contributed by atoms with Gasteiger partial charge in [0, 0.05) is 25.5 Å². The zero-order chi connectivity index (χ0) is 17.6. The van der Waals surface area contributed by atoms with Crippen LogP contribution in [-0.2, 0) is 0 Å². The fourth-order valence-electron chi connectivity index (χ4n) is 3.08. The molecule has 1 N–H and O–H groups in total. The average Bonchev–Trinajstić information content (AvgIpc) is 2.63. The summed E-state index contributed by atoms with van der Waals surface area (Å²) in [4.78, 5) is 29.9. The van der Waals surface area contributed by atoms with Crippen molar-refractivity contribution in [3.63, 3.8) is 0 Å². The molecule has 4 rings (SSSR count). The first kappa shape index (κ1) is 15.2. The van der Waals surface area contributed by atoms with Gasteiger partial charge in [0.1, 0.15) is 5.35 Å². The summed E-state index contributed by atoms with van der Waals surface area (Å²) >= 11 is 0. The number of hydrogen-bond donors (Lipinski definition) is 1. The minimum atomic E-state index is -0.506. The number of H-pyrrole nitrogens is 1. The molecule has 0 bridgehead atoms. The van der Waals surface area contributed by atoms with Gasteiger partial charge >= 0.3 is 0 Å². The highest BCUT2D eigenvalue weighted by Crippen LogP contribution is 2.22. The first-order valence-electron chi connectivity index (χ1n) is 8.01. The summed E-state index contributed by atoms with van der Waals surface area (Å²) in [7, 11) is 3.93. The number of para-hydroxylation sites is 1. The van der Waals surface area contributed by atoms with Crippen molar-refractivity contribution in [2.24, 2.45) is 0 Å². The van der Waals surface area contributed by atoms with Gasteiger partial charge < -0.3 is 14.5 Å². The number of nitrogens with one attached hydrogen (secondary N) is 1. The first-order valence-corrected chi connectivity index (χ1v) is 8.01. The van der Waals surface area contributed by atoms with Crippen molar-refractivity contribution in [1.29, 1.82) is 0 Å². The van der Waals surface area contributed by atoms with E-state index >= 15 is 0 Å². The van der Waals surface area contributed by atoms with Crippen molar-refractivity contribution in [3.8, 4) is 5.69 Å². The minimum absolute atomic E-state index is 0.363. The van der Waals surface area contributed by atoms with Crippen LogP contribution in [0.4, 0.5) is 5.69 Å². The number of nitrogens with zero attached hydrogens (tertiary/aromatic N) is 2. The Morgan fingerprint density at radius 3 is 2.40 bits per heavy atom. The molecule has 0 spiro atoms. The van der Waals surface area contributed by atoms with Gasteiger partial charge in [0.05, 0.1) is 16.4 Å². The lowest BCUT2D eigenvalue weighted by atomic mass is 10.2. The van der Waals surface area contributed by atoms with Gasteiger partial charge in [-0.05, 0) is 42.5 Å². The van der Waals surface area contributed by atoms with Gasteiger partial charge in [-0.3, -0.25) is 9.59 Å². The molecule has 0 unspecified atom stereocenters. The molecule has 2 aromatic carbocycles. The number of aromatic amines is 1. The van der Waals surface area contributed by atoms with Crippen LogP contribution < -0.4 is 15.8 Å². The Bertz CT molecular complexity index is 1250. The maximum absolute atomic E-state index is 12.6. The van der Waals surface area contributed by atoms with Crippen LogP contribution in [0.2, 0.25) is 0 Å². The molecule has 5 heteroatoms. The van der Waals surface area contributed by atoms with Gasteiger partial charge in [-0.15, -0.1) is 0 Å². The standard InChI is InChI=1S/C20H17N3O2/c1-22(2)14-8-9-15-17(12-14)23(13-6-4-3-5-7-13)19-16(21-15)10-11-18(24)20(19)25/h3-12,21H,1-2H3. The molecular formula is C20H17N3O2. The van der Waals surface area contributed by atoms with Gasteiger partial charge in [0.2, 0.25) is 5.43 Å². The number of fused-ring (bicyclic) bond motifs is 1. The Hall–Kier alpha value is -3.34. The normalized spacial score (nSPS) is 11.1. The molecule has 1 aliphatic heterocycles. The second-order valence-electron chi connectivity index (χ2n) is 6.18. The van der Waals surface area contributed by atoms with Crippen LogP contribution in [0.25, 0.3) is 16.7 Å². The molecular weight excluding hydrogens is 314 g/mol. The fraction of sp³-hybridized carbons (Fsp3) is 0.100. The summed E-state index contributed by atoms with van der Waals surface area (Å²) in [6, 6.07) is 18.6. The van der Waals surface area contributed by atoms with Crippen LogP contribution in [-0.4, -0.2) is 23.6 Å². The van der Waals surface area contributed by atoms with Crippen LogP contribution in [0.1, 0.15) is 0 Å². The van der Waals surface area contributed by atoms with Gasteiger partial charge in [-0.25, -0.2) is 0 Å². The van der Waals surface area contributed by atoms with Crippen molar-refractivity contribution in [3.05, 3.63) is 91.8 Å². The number of anilines is 1. The summed E-state index contributed by atoms with van der Waals surface area (Å²) < 4.78 is 1.86. The molecule has 1 heterocycles. The lowest BCUT2D eigenvalue weighted by Gasteiger charge is -2.17. The van der Waals surface area contributed by atoms with E-state index < -0.39 is 10.9 Å². The Labute approximate surface area is 143 Å². The fourth-order valence-corrected chi connectivity index (χ4v) is 3.08. The highest BCUT2D eigenvalue weighted by Gasteiger charge is 2.11. The SMILES string of the molecule is CN(C)c1ccc2[nH]c3ccc(=O)c(=O)c=3n(-c3ccccc3)c2c1. The summed E-state index contributed by atoms with van der Waals surface area (Å²) in [6.45, 7) is 0. The third-order valence-corrected chi connectivity index (χ3v) is 4.34. The minimum Gasteiger partial charge on any atom is -0.378 e. The Morgan fingerprint density at radius 1 is 0.920 bits per heavy atom. The Kier molecular flexibility index (Phi) is 3.42. The maximum atomic E-state index is 12.6. The van der Waals surface area contributed by atoms with E-state index in [4.69, 9.17) is 0 Å². The summed E-state index contributed by atoms with van der Waals surface area (Å²) in [5.41, 5.74) is 2.57. The molecule has 0 aromatic heterocycles. The second-order valence-corrected chi connectivity index (χ2v) is 6.18. The zero-order valence-corrected chi connectivity index (χ0v) is 14.0. The predicted octanol–water partition coefficient (Wildman–Crippen LogP) is 2.47. The van der Waals surface area contributed by atoms with Crippen LogP contribution in [0.3, 0.4) is 0 Å². The van der Waals surface area contributed by atoms with Crippen molar-refractivity contribution in [2.75, 3.05) is 19.0 Å². The molecule has 0 saturated carbocycles. The molecule has 0 radical (unpaired) electrons. The van der Waals surface area contributed by atoms with Crippen molar-refractivity contribution in [2.45, 2.75) is 0 Å². The summed E-state index contributed by atoms with van der Waals surface area (Å²) in [5.74, 6) is 0. The molecule has 124 valence electrons. The summed E-state index contributed by atoms with van der Waals surface area (Å²) in [6.07, 6.45) is 0. The number of benzene rings is 2. The molecule has 0 atom stereocenters. The molecule has 2 aromatic rings. The van der Waals surface area contributed by atoms with E-state index in [0.29, 0.717) is 10.7 Å². The largest absolute Gasteiger partial charge is 0.378 e. The first-order chi connectivity index (χ1) is 12.1. The lowest BCUT2D eigenvalue weighted by molar-refractivity contribution is 0.986. The Morgan fingerprint density at radius 2 is 1.68 bits per heavy atom. The molecule has 0 amide bonds. The van der Waals surface area contributed by atoms with Gasteiger partial charge in [-0.1, -0.05) is 18.2 Å². The lowest BCUT2D eigenvalue weighted by Crippen LogP contribution is -2.27. The highest BCUT2D eigenvalue weighted by molar-refractivity contribution is 5.81. The van der Waals surface area contributed by atoms with E-state index in [-0.39, 0.29) is 0 Å². The van der Waals surface area contributed by atoms with Crippen LogP contribution in [0.15, 0.2) is 70.3 Å². The Balaban J connectivity index is 2.31. The molecule has 5 nitrogen and oxygen atoms in total. The van der Waals surface area contributed by atoms with E-state index in [1.54, 1.807) is 6.07 Å². The van der Waals surface area contributed by atoms with Gasteiger partial charge in [0.25, 0.3) is 5.43 Å². The molecule has 25 heavy (non-hydrogen) atoms. The maximum Gasteiger partial charge on any atom is 0.251 e. The topological polar surface area (TPSA) is 58.1 Å². The molecule has 0 saturated heterocycles. The smallest absolute Gasteiger partial charge is 0.251 e. The van der Waals surface area contributed by atoms with E-state index in [1.807, 2.05) is 72.1 Å². The predicted molar refractivity (Wildman–Crippen MR) is 99.8 cm³/mol. The quantitative estimate of drug-likeness (QED) is 0.574. The zero-order valence-electron chi connectivity index (χ0n) is 14.0. The number of hydrogen-bond acceptors (Lipinski definition) is 3. The van der Waals surface area contributed by atoms with Crippen LogP contribution in [0.5, 0.6) is 0 Å². The number of aromatic nitrogens is 2. The monoisotopic (exact) mass is 331 g/mol. The van der Waals surface area contributed by atoms with Crippen LogP contribution in [0, 0.1) is 10.7 Å². The van der Waals surface area contributed by atoms with Crippen molar-refractivity contribution < 1.29 is 0 Å². The van der Waals surface area contributed by atoms with Crippen molar-refractivity contribution >= 4 is 16.7 Å². The van der Waals surface area contributed by atoms with E-state index in [1.165, 1.54) is 6.07 Å². The molecule has 1 aliphatic carbocycles. The van der Waals surface area contributed by atoms with Crippen molar-refractivity contribution in [1.82, 2.24) is 9.55 Å². The molecule has 2 aliphatic rings. The summed E-state index contributed by atoms with van der Waals surface area (Å²) in [5, 5.41) is 1.00.